The molecule has 37 heavy (non-hydrogen) atoms. The van der Waals surface area contributed by atoms with Gasteiger partial charge in [0.1, 0.15) is 17.1 Å². The first kappa shape index (κ1) is 28.3. The third-order valence-electron chi connectivity index (χ3n) is 6.00. The van der Waals surface area contributed by atoms with E-state index in [0.717, 1.165) is 0 Å². The summed E-state index contributed by atoms with van der Waals surface area (Å²) in [7, 11) is 1.32. The molecule has 3 amide bonds. The number of methoxy groups -OCH3 is 1. The minimum atomic E-state index is -2.93. The molecule has 3 atom stereocenters. The summed E-state index contributed by atoms with van der Waals surface area (Å²) in [6.45, 7) is -0.189. The van der Waals surface area contributed by atoms with Crippen molar-refractivity contribution in [2.24, 2.45) is 5.92 Å². The lowest BCUT2D eigenvalue weighted by Crippen LogP contribution is -2.56. The molecule has 3 N–H and O–H groups in total. The molecule has 1 fully saturated rings. The normalized spacial score (nSPS) is 18.3. The monoisotopic (exact) mass is 536 g/mol. The van der Waals surface area contributed by atoms with Gasteiger partial charge in [-0.1, -0.05) is 30.3 Å². The number of benzene rings is 1. The number of hydrogen-bond acceptors (Lipinski definition) is 7. The molecule has 0 bridgehead atoms. The van der Waals surface area contributed by atoms with Crippen LogP contribution >= 0.6 is 11.3 Å². The maximum atomic E-state index is 13.8. The second-order valence-electron chi connectivity index (χ2n) is 8.89. The summed E-state index contributed by atoms with van der Waals surface area (Å²) in [6, 6.07) is 6.33. The molecule has 1 aromatic carbocycles. The minimum Gasteiger partial charge on any atom is -0.382 e. The van der Waals surface area contributed by atoms with Crippen LogP contribution in [0.1, 0.15) is 36.3 Å². The Kier molecular flexibility index (Phi) is 10.2. The summed E-state index contributed by atoms with van der Waals surface area (Å²) in [5, 5.41) is 9.87. The maximum absolute atomic E-state index is 13.8. The van der Waals surface area contributed by atoms with Crippen LogP contribution in [0, 0.1) is 5.92 Å². The van der Waals surface area contributed by atoms with Gasteiger partial charge in [0, 0.05) is 43.9 Å². The van der Waals surface area contributed by atoms with Crippen LogP contribution in [0.4, 0.5) is 8.78 Å². The number of Topliss-reactive ketones (excluding diaryl/α,β-unsaturated/α-hetero) is 1. The highest BCUT2D eigenvalue weighted by molar-refractivity contribution is 7.09. The van der Waals surface area contributed by atoms with E-state index in [1.54, 1.807) is 41.9 Å². The van der Waals surface area contributed by atoms with E-state index in [2.05, 4.69) is 20.9 Å². The lowest BCUT2D eigenvalue weighted by molar-refractivity contribution is -0.141. The van der Waals surface area contributed by atoms with E-state index < -0.39 is 53.8 Å². The third kappa shape index (κ3) is 8.67. The molecule has 0 aliphatic heterocycles. The van der Waals surface area contributed by atoms with Gasteiger partial charge in [-0.3, -0.25) is 19.2 Å². The number of halogens is 2. The number of thiazole rings is 1. The summed E-state index contributed by atoms with van der Waals surface area (Å²) < 4.78 is 32.6. The Morgan fingerprint density at radius 1 is 1.16 bits per heavy atom. The number of carbonyl (C=O) groups excluding carboxylic acids is 4. The maximum Gasteiger partial charge on any atom is 0.289 e. The molecular formula is C25H30F2N4O5S. The summed E-state index contributed by atoms with van der Waals surface area (Å²) >= 11 is 1.32. The molecule has 9 nitrogen and oxygen atoms in total. The fourth-order valence-electron chi connectivity index (χ4n) is 4.11. The number of carbonyl (C=O) groups is 4. The van der Waals surface area contributed by atoms with Crippen molar-refractivity contribution in [3.8, 4) is 0 Å². The van der Waals surface area contributed by atoms with Crippen LogP contribution in [-0.4, -0.2) is 60.2 Å². The number of ketones is 1. The van der Waals surface area contributed by atoms with Crippen LogP contribution in [0.15, 0.2) is 41.9 Å². The van der Waals surface area contributed by atoms with Crippen molar-refractivity contribution in [2.75, 3.05) is 13.7 Å². The molecule has 200 valence electrons. The van der Waals surface area contributed by atoms with Gasteiger partial charge >= 0.3 is 0 Å². The Labute approximate surface area is 217 Å². The highest BCUT2D eigenvalue weighted by atomic mass is 32.1. The van der Waals surface area contributed by atoms with E-state index in [1.165, 1.54) is 18.4 Å². The Morgan fingerprint density at radius 2 is 1.92 bits per heavy atom. The Hall–Kier alpha value is -3.25. The average Bonchev–Trinajstić information content (AvgIpc) is 3.40. The average molecular weight is 537 g/mol. The number of aromatic nitrogens is 1. The van der Waals surface area contributed by atoms with Crippen molar-refractivity contribution >= 4 is 34.8 Å². The first-order valence-electron chi connectivity index (χ1n) is 11.9. The first-order valence-corrected chi connectivity index (χ1v) is 12.8. The second-order valence-corrected chi connectivity index (χ2v) is 9.87. The van der Waals surface area contributed by atoms with Crippen LogP contribution < -0.4 is 16.0 Å². The van der Waals surface area contributed by atoms with Gasteiger partial charge in [0.05, 0.1) is 13.2 Å². The quantitative estimate of drug-likeness (QED) is 0.356. The zero-order chi connectivity index (χ0) is 26.8. The second kappa shape index (κ2) is 13.3. The summed E-state index contributed by atoms with van der Waals surface area (Å²) in [5.41, 5.74) is 0.700. The zero-order valence-corrected chi connectivity index (χ0v) is 21.2. The van der Waals surface area contributed by atoms with Crippen molar-refractivity contribution in [3.05, 3.63) is 52.5 Å². The fourth-order valence-corrected chi connectivity index (χ4v) is 4.66. The summed E-state index contributed by atoms with van der Waals surface area (Å²) in [4.78, 5) is 55.4. The zero-order valence-electron chi connectivity index (χ0n) is 20.4. The predicted molar refractivity (Wildman–Crippen MR) is 132 cm³/mol. The molecule has 1 saturated carbocycles. The molecule has 0 saturated heterocycles. The molecule has 1 aliphatic carbocycles. The number of nitrogens with one attached hydrogen (secondary N) is 3. The fraction of sp³-hybridized carbons (Fsp3) is 0.480. The molecule has 12 heteroatoms. The molecule has 1 aromatic heterocycles. The van der Waals surface area contributed by atoms with E-state index in [9.17, 15) is 28.0 Å². The van der Waals surface area contributed by atoms with Crippen molar-refractivity contribution in [2.45, 2.75) is 56.7 Å². The third-order valence-corrected chi connectivity index (χ3v) is 6.78. The number of alkyl halides is 2. The number of amides is 3. The van der Waals surface area contributed by atoms with Gasteiger partial charge < -0.3 is 20.7 Å². The van der Waals surface area contributed by atoms with Gasteiger partial charge in [0.25, 0.3) is 5.91 Å². The van der Waals surface area contributed by atoms with Gasteiger partial charge in [-0.15, -0.1) is 11.3 Å². The Bertz CT molecular complexity index is 1070. The van der Waals surface area contributed by atoms with Crippen LogP contribution in [0.5, 0.6) is 0 Å². The largest absolute Gasteiger partial charge is 0.382 e. The smallest absolute Gasteiger partial charge is 0.289 e. The molecule has 2 aromatic rings. The van der Waals surface area contributed by atoms with Crippen LogP contribution in [-0.2, 0) is 36.9 Å². The molecule has 1 heterocycles. The van der Waals surface area contributed by atoms with Crippen molar-refractivity contribution in [1.29, 1.82) is 0 Å². The lowest BCUT2D eigenvalue weighted by Gasteiger charge is -2.29. The topological polar surface area (TPSA) is 126 Å². The molecule has 1 unspecified atom stereocenters. The van der Waals surface area contributed by atoms with E-state index in [0.29, 0.717) is 10.6 Å². The van der Waals surface area contributed by atoms with Gasteiger partial charge in [0.15, 0.2) is 0 Å². The van der Waals surface area contributed by atoms with Crippen molar-refractivity contribution < 1.29 is 32.7 Å². The number of ether oxygens (including phenoxy) is 1. The summed E-state index contributed by atoms with van der Waals surface area (Å²) in [6.07, 6.45) is 1.23. The molecular weight excluding hydrogens is 506 g/mol. The van der Waals surface area contributed by atoms with E-state index in [1.807, 2.05) is 0 Å². The standard InChI is InChI=1S/C25H30F2N4O5S/c1-36-15-19(31-22(33)17-8-5-9-25(26,27)13-17)23(34)30-18(12-16-6-3-2-4-7-16)21(32)24(35)29-14-20-28-10-11-37-20/h2-4,6-7,10-11,17-19H,5,8-9,12-15H2,1H3,(H,29,35)(H,30,34)(H,31,33)/t17?,18-,19-/m1/s1. The SMILES string of the molecule is COC[C@@H](NC(=O)C1CCCC(F)(F)C1)C(=O)N[C@H](Cc1ccccc1)C(=O)C(=O)NCc1nccs1. The summed E-state index contributed by atoms with van der Waals surface area (Å²) in [5.74, 6) is -7.08. The van der Waals surface area contributed by atoms with Crippen LogP contribution in [0.2, 0.25) is 0 Å². The van der Waals surface area contributed by atoms with Crippen LogP contribution in [0.3, 0.4) is 0 Å². The minimum absolute atomic E-state index is 0.0264. The van der Waals surface area contributed by atoms with E-state index in [4.69, 9.17) is 4.74 Å². The Balaban J connectivity index is 1.69. The number of rotatable bonds is 12. The molecule has 0 spiro atoms. The number of nitrogens with zero attached hydrogens (tertiary/aromatic N) is 1. The van der Waals surface area contributed by atoms with Gasteiger partial charge in [-0.05, 0) is 18.4 Å². The Morgan fingerprint density at radius 3 is 2.57 bits per heavy atom. The van der Waals surface area contributed by atoms with E-state index >= 15 is 0 Å². The van der Waals surface area contributed by atoms with Gasteiger partial charge in [-0.25, -0.2) is 13.8 Å². The molecule has 3 rings (SSSR count). The van der Waals surface area contributed by atoms with E-state index in [-0.39, 0.29) is 38.8 Å². The highest BCUT2D eigenvalue weighted by Gasteiger charge is 2.40. The predicted octanol–water partition coefficient (Wildman–Crippen LogP) is 2.01. The molecule has 1 aliphatic rings. The lowest BCUT2D eigenvalue weighted by atomic mass is 9.86. The number of hydrogen-bond donors (Lipinski definition) is 3. The van der Waals surface area contributed by atoms with Crippen LogP contribution in [0.25, 0.3) is 0 Å². The van der Waals surface area contributed by atoms with Crippen molar-refractivity contribution in [1.82, 2.24) is 20.9 Å². The van der Waals surface area contributed by atoms with Gasteiger partial charge in [-0.2, -0.15) is 0 Å². The van der Waals surface area contributed by atoms with Gasteiger partial charge in [0.2, 0.25) is 23.5 Å². The highest BCUT2D eigenvalue weighted by Crippen LogP contribution is 2.36. The first-order chi connectivity index (χ1) is 17.7. The van der Waals surface area contributed by atoms with Crippen molar-refractivity contribution in [3.63, 3.8) is 0 Å². The molecule has 0 radical (unpaired) electrons.